The van der Waals surface area contributed by atoms with E-state index in [0.29, 0.717) is 0 Å². The molecule has 0 heterocycles. The summed E-state index contributed by atoms with van der Waals surface area (Å²) in [5, 5.41) is 0. The summed E-state index contributed by atoms with van der Waals surface area (Å²) in [5.74, 6) is 0.993. The van der Waals surface area contributed by atoms with Crippen LogP contribution in [0.4, 0.5) is 0 Å². The van der Waals surface area contributed by atoms with E-state index >= 15 is 0 Å². The first-order valence-electron chi connectivity index (χ1n) is 6.17. The molecule has 0 N–H and O–H groups in total. The van der Waals surface area contributed by atoms with Crippen molar-refractivity contribution in [3.63, 3.8) is 0 Å². The van der Waals surface area contributed by atoms with Gasteiger partial charge in [0.1, 0.15) is 0 Å². The lowest BCUT2D eigenvalue weighted by Gasteiger charge is -2.44. The Balaban J connectivity index is 2.03. The Morgan fingerprint density at radius 2 is 1.93 bits per heavy atom. The van der Waals surface area contributed by atoms with Gasteiger partial charge in [0.25, 0.3) is 0 Å². The van der Waals surface area contributed by atoms with Crippen LogP contribution in [0.25, 0.3) is 0 Å². The Kier molecular flexibility index (Phi) is 4.89. The van der Waals surface area contributed by atoms with E-state index in [1.54, 1.807) is 25.7 Å². The lowest BCUT2D eigenvalue weighted by atomic mass is 9.69. The van der Waals surface area contributed by atoms with E-state index < -0.39 is 0 Å². The maximum Gasteiger partial charge on any atom is -0.0105 e. The predicted octanol–water partition coefficient (Wildman–Crippen LogP) is 5.39. The molecule has 0 bridgehead atoms. The van der Waals surface area contributed by atoms with Crippen LogP contribution in [0.5, 0.6) is 0 Å². The Bertz CT molecular complexity index is 209. The SMILES string of the molecule is C[C@H]1CCC2(CCCC2)C[C@H]1P(P)PP. The molecule has 0 saturated heterocycles. The van der Waals surface area contributed by atoms with Gasteiger partial charge in [-0.05, 0) is 49.1 Å². The molecule has 0 aromatic carbocycles. The zero-order valence-electron chi connectivity index (χ0n) is 9.71. The summed E-state index contributed by atoms with van der Waals surface area (Å²) in [6, 6.07) is 0. The lowest BCUT2D eigenvalue weighted by molar-refractivity contribution is 0.168. The molecular weight excluding hydrogens is 256 g/mol. The smallest absolute Gasteiger partial charge is 0.0105 e. The molecule has 0 nitrogen and oxygen atoms in total. The summed E-state index contributed by atoms with van der Waals surface area (Å²) in [6.07, 6.45) is 10.7. The first-order chi connectivity index (χ1) is 7.17. The summed E-state index contributed by atoms with van der Waals surface area (Å²) in [4.78, 5) is 0. The maximum absolute atomic E-state index is 3.17. The van der Waals surface area contributed by atoms with Gasteiger partial charge in [-0.25, -0.2) is 0 Å². The maximum atomic E-state index is 3.17. The van der Waals surface area contributed by atoms with E-state index in [2.05, 4.69) is 24.8 Å². The average Bonchev–Trinajstić information content (AvgIpc) is 2.70. The molecule has 2 aliphatic rings. The van der Waals surface area contributed by atoms with E-state index in [-0.39, 0.29) is 7.30 Å². The quantitative estimate of drug-likeness (QED) is 0.595. The van der Waals surface area contributed by atoms with Gasteiger partial charge < -0.3 is 0 Å². The summed E-state index contributed by atoms with van der Waals surface area (Å²) >= 11 is 0. The highest BCUT2D eigenvalue weighted by atomic mass is 32.6. The normalized spacial score (nSPS) is 37.8. The van der Waals surface area contributed by atoms with E-state index in [0.717, 1.165) is 24.9 Å². The lowest BCUT2D eigenvalue weighted by Crippen LogP contribution is -2.32. The van der Waals surface area contributed by atoms with Crippen LogP contribution < -0.4 is 0 Å². The van der Waals surface area contributed by atoms with Crippen molar-refractivity contribution in [2.24, 2.45) is 11.3 Å². The minimum Gasteiger partial charge on any atom is -0.110 e. The van der Waals surface area contributed by atoms with Crippen molar-refractivity contribution in [3.8, 4) is 0 Å². The van der Waals surface area contributed by atoms with Crippen molar-refractivity contribution >= 4 is 33.1 Å². The van der Waals surface area contributed by atoms with Crippen LogP contribution >= 0.6 is 33.1 Å². The van der Waals surface area contributed by atoms with E-state index in [1.165, 1.54) is 19.3 Å². The molecule has 2 rings (SSSR count). The minimum absolute atomic E-state index is 0.229. The van der Waals surface area contributed by atoms with E-state index in [9.17, 15) is 0 Å². The first-order valence-corrected chi connectivity index (χ1v) is 12.9. The summed E-state index contributed by atoms with van der Waals surface area (Å²) < 4.78 is 0. The summed E-state index contributed by atoms with van der Waals surface area (Å²) in [7, 11) is 7.48. The van der Waals surface area contributed by atoms with Crippen LogP contribution in [0.15, 0.2) is 0 Å². The molecular formula is C11H24P4. The van der Waals surface area contributed by atoms with Crippen LogP contribution in [-0.2, 0) is 0 Å². The zero-order chi connectivity index (χ0) is 10.9. The fraction of sp³-hybridized carbons (Fsp3) is 1.00. The van der Waals surface area contributed by atoms with Gasteiger partial charge in [0.2, 0.25) is 0 Å². The molecule has 0 aromatic rings. The third-order valence-corrected chi connectivity index (χ3v) is 16.1. The molecule has 4 heteroatoms. The van der Waals surface area contributed by atoms with Gasteiger partial charge in [0.15, 0.2) is 0 Å². The van der Waals surface area contributed by atoms with Gasteiger partial charge in [-0.3, -0.25) is 0 Å². The zero-order valence-corrected chi connectivity index (χ0v) is 13.9. The molecule has 0 amide bonds. The van der Waals surface area contributed by atoms with Crippen molar-refractivity contribution in [1.29, 1.82) is 0 Å². The topological polar surface area (TPSA) is 0 Å². The second kappa shape index (κ2) is 5.57. The molecule has 1 spiro atoms. The number of hydrogen-bond donors (Lipinski definition) is 0. The Labute approximate surface area is 102 Å². The van der Waals surface area contributed by atoms with Gasteiger partial charge in [0.05, 0.1) is 0 Å². The molecule has 88 valence electrons. The number of rotatable bonds is 2. The third kappa shape index (κ3) is 2.94. The minimum atomic E-state index is 0.229. The van der Waals surface area contributed by atoms with Crippen LogP contribution in [-0.4, -0.2) is 5.66 Å². The summed E-state index contributed by atoms with van der Waals surface area (Å²) in [6.45, 7) is 2.50. The Morgan fingerprint density at radius 3 is 2.53 bits per heavy atom. The molecule has 2 fully saturated rings. The fourth-order valence-electron chi connectivity index (χ4n) is 3.52. The standard InChI is InChI=1S/C11H24P4/c1-9-4-7-11(5-2-3-6-11)8-10(9)15(13)14-12/h9-10,14H,2-8,12-13H2,1H3/t9-,10+,15?/m0/s1. The third-order valence-electron chi connectivity index (χ3n) is 4.60. The van der Waals surface area contributed by atoms with Crippen LogP contribution in [0, 0.1) is 11.3 Å². The van der Waals surface area contributed by atoms with E-state index in [1.807, 2.05) is 0 Å². The molecule has 2 saturated carbocycles. The predicted molar refractivity (Wildman–Crippen MR) is 82.4 cm³/mol. The van der Waals surface area contributed by atoms with Crippen molar-refractivity contribution < 1.29 is 0 Å². The summed E-state index contributed by atoms with van der Waals surface area (Å²) in [5.41, 5.74) is 1.85. The molecule has 0 radical (unpaired) electrons. The molecule has 2 aliphatic carbocycles. The van der Waals surface area contributed by atoms with Gasteiger partial charge in [0, 0.05) is 0 Å². The van der Waals surface area contributed by atoms with Gasteiger partial charge in [-0.2, -0.15) is 0 Å². The van der Waals surface area contributed by atoms with Crippen molar-refractivity contribution in [2.45, 2.75) is 57.5 Å². The van der Waals surface area contributed by atoms with Crippen LogP contribution in [0.2, 0.25) is 0 Å². The van der Waals surface area contributed by atoms with E-state index in [4.69, 9.17) is 0 Å². The Hall–Kier alpha value is 1.72. The monoisotopic (exact) mass is 280 g/mol. The van der Waals surface area contributed by atoms with Gasteiger partial charge in [-0.1, -0.05) is 35.0 Å². The highest BCUT2D eigenvalue weighted by Gasteiger charge is 2.42. The van der Waals surface area contributed by atoms with Crippen LogP contribution in [0.1, 0.15) is 51.9 Å². The number of hydrogen-bond acceptors (Lipinski definition) is 0. The van der Waals surface area contributed by atoms with Crippen LogP contribution in [0.3, 0.4) is 0 Å². The molecule has 0 aliphatic heterocycles. The second-order valence-corrected chi connectivity index (χ2v) is 15.1. The van der Waals surface area contributed by atoms with Gasteiger partial charge >= 0.3 is 0 Å². The Morgan fingerprint density at radius 1 is 1.27 bits per heavy atom. The molecule has 15 heavy (non-hydrogen) atoms. The molecule has 4 unspecified atom stereocenters. The second-order valence-electron chi connectivity index (χ2n) is 5.53. The van der Waals surface area contributed by atoms with Crippen molar-refractivity contribution in [3.05, 3.63) is 0 Å². The highest BCUT2D eigenvalue weighted by molar-refractivity contribution is 8.61. The molecule has 6 atom stereocenters. The van der Waals surface area contributed by atoms with Gasteiger partial charge in [-0.15, -0.1) is 17.9 Å². The molecule has 0 aromatic heterocycles. The highest BCUT2D eigenvalue weighted by Crippen LogP contribution is 2.73. The largest absolute Gasteiger partial charge is 0.110 e. The first kappa shape index (κ1) is 13.2. The average molecular weight is 280 g/mol. The van der Waals surface area contributed by atoms with Crippen molar-refractivity contribution in [2.75, 3.05) is 0 Å². The van der Waals surface area contributed by atoms with Crippen molar-refractivity contribution in [1.82, 2.24) is 0 Å². The fourth-order valence-corrected chi connectivity index (χ4v) is 9.53.